The number of methoxy groups -OCH3 is 1. The highest BCUT2D eigenvalue weighted by Crippen LogP contribution is 2.30. The Hall–Kier alpha value is -1.20. The summed E-state index contributed by atoms with van der Waals surface area (Å²) >= 11 is 1.56. The molecule has 106 valence electrons. The molecule has 0 fully saturated rings. The zero-order valence-electron chi connectivity index (χ0n) is 11.7. The van der Waals surface area contributed by atoms with Crippen LogP contribution in [0.5, 0.6) is 0 Å². The van der Waals surface area contributed by atoms with Gasteiger partial charge in [0.05, 0.1) is 17.9 Å². The van der Waals surface area contributed by atoms with Crippen LogP contribution >= 0.6 is 11.8 Å². The zero-order chi connectivity index (χ0) is 14.3. The predicted molar refractivity (Wildman–Crippen MR) is 79.6 cm³/mol. The van der Waals surface area contributed by atoms with E-state index in [0.717, 1.165) is 22.9 Å². The molecule has 19 heavy (non-hydrogen) atoms. The van der Waals surface area contributed by atoms with Gasteiger partial charge < -0.3 is 14.7 Å². The van der Waals surface area contributed by atoms with E-state index in [1.165, 1.54) is 0 Å². The van der Waals surface area contributed by atoms with Crippen molar-refractivity contribution >= 4 is 23.4 Å². The third-order valence-electron chi connectivity index (χ3n) is 2.81. The average Bonchev–Trinajstić information content (AvgIpc) is 2.40. The molecule has 1 rings (SSSR count). The molecular weight excluding hydrogens is 262 g/mol. The number of anilines is 1. The number of carbonyl (C=O) groups is 1. The van der Waals surface area contributed by atoms with E-state index in [9.17, 15) is 9.90 Å². The van der Waals surface area contributed by atoms with Crippen molar-refractivity contribution in [3.63, 3.8) is 0 Å². The van der Waals surface area contributed by atoms with Crippen molar-refractivity contribution in [2.75, 3.05) is 37.5 Å². The minimum absolute atomic E-state index is 0.396. The van der Waals surface area contributed by atoms with E-state index in [2.05, 4.69) is 0 Å². The Bertz CT molecular complexity index is 423. The van der Waals surface area contributed by atoms with Gasteiger partial charge in [0, 0.05) is 25.1 Å². The number of nitrogens with zero attached hydrogens (tertiary/aromatic N) is 1. The number of benzene rings is 1. The highest BCUT2D eigenvalue weighted by Gasteiger charge is 2.19. The Kier molecular flexibility index (Phi) is 6.73. The first-order valence-electron chi connectivity index (χ1n) is 6.38. The van der Waals surface area contributed by atoms with E-state index in [-0.39, 0.29) is 0 Å². The number of hydrogen-bond donors (Lipinski definition) is 1. The second-order valence-electron chi connectivity index (χ2n) is 3.96. The van der Waals surface area contributed by atoms with E-state index < -0.39 is 5.97 Å². The summed E-state index contributed by atoms with van der Waals surface area (Å²) in [5, 5.41) is 9.47. The third-order valence-corrected chi connectivity index (χ3v) is 3.75. The lowest BCUT2D eigenvalue weighted by Gasteiger charge is -2.25. The smallest absolute Gasteiger partial charge is 0.338 e. The zero-order valence-corrected chi connectivity index (χ0v) is 12.5. The molecule has 5 heteroatoms. The van der Waals surface area contributed by atoms with Gasteiger partial charge in [0.25, 0.3) is 0 Å². The molecule has 0 atom stereocenters. The molecule has 0 aliphatic rings. The maximum atomic E-state index is 11.5. The Labute approximate surface area is 118 Å². The number of carboxylic acid groups (broad SMARTS) is 1. The number of hydrogen-bond acceptors (Lipinski definition) is 4. The molecule has 0 spiro atoms. The van der Waals surface area contributed by atoms with Crippen molar-refractivity contribution in [3.8, 4) is 0 Å². The van der Waals surface area contributed by atoms with Gasteiger partial charge in [-0.15, -0.1) is 11.8 Å². The second kappa shape index (κ2) is 8.07. The Balaban J connectivity index is 3.16. The van der Waals surface area contributed by atoms with E-state index in [1.807, 2.05) is 36.9 Å². The summed E-state index contributed by atoms with van der Waals surface area (Å²) in [6.45, 7) is 6.06. The first-order chi connectivity index (χ1) is 9.15. The largest absolute Gasteiger partial charge is 0.478 e. The van der Waals surface area contributed by atoms with Gasteiger partial charge in [-0.3, -0.25) is 0 Å². The fourth-order valence-electron chi connectivity index (χ4n) is 1.92. The molecule has 1 aromatic rings. The van der Waals surface area contributed by atoms with Gasteiger partial charge in [-0.05, 0) is 24.8 Å². The van der Waals surface area contributed by atoms with Crippen LogP contribution in [0.1, 0.15) is 24.2 Å². The Morgan fingerprint density at radius 3 is 2.68 bits per heavy atom. The second-order valence-corrected chi connectivity index (χ2v) is 5.27. The topological polar surface area (TPSA) is 49.8 Å². The molecule has 0 saturated heterocycles. The van der Waals surface area contributed by atoms with Crippen molar-refractivity contribution < 1.29 is 14.6 Å². The number of likely N-dealkylation sites (N-methyl/N-ethyl adjacent to an activating group) is 1. The molecule has 1 N–H and O–H groups in total. The number of rotatable bonds is 8. The third kappa shape index (κ3) is 4.14. The van der Waals surface area contributed by atoms with Gasteiger partial charge in [0.15, 0.2) is 0 Å². The normalized spacial score (nSPS) is 10.5. The fourth-order valence-corrected chi connectivity index (χ4v) is 2.75. The summed E-state index contributed by atoms with van der Waals surface area (Å²) in [6, 6.07) is 5.64. The van der Waals surface area contributed by atoms with Gasteiger partial charge >= 0.3 is 5.97 Å². The SMILES string of the molecule is CCSc1cccc(N(CC)CCOC)c1C(=O)O. The Morgan fingerprint density at radius 2 is 2.16 bits per heavy atom. The average molecular weight is 283 g/mol. The molecule has 0 heterocycles. The highest BCUT2D eigenvalue weighted by molar-refractivity contribution is 7.99. The van der Waals surface area contributed by atoms with Crippen LogP contribution < -0.4 is 4.90 Å². The molecule has 0 aliphatic heterocycles. The number of aromatic carboxylic acids is 1. The summed E-state index contributed by atoms with van der Waals surface area (Å²) in [6.07, 6.45) is 0. The molecule has 0 saturated carbocycles. The molecular formula is C14H21NO3S. The van der Waals surface area contributed by atoms with Crippen LogP contribution in [0.3, 0.4) is 0 Å². The summed E-state index contributed by atoms with van der Waals surface area (Å²) in [5.74, 6) is -0.0177. The lowest BCUT2D eigenvalue weighted by Crippen LogP contribution is -2.28. The van der Waals surface area contributed by atoms with Crippen LogP contribution in [-0.2, 0) is 4.74 Å². The molecule has 0 unspecified atom stereocenters. The fraction of sp³-hybridized carbons (Fsp3) is 0.500. The lowest BCUT2D eigenvalue weighted by atomic mass is 10.1. The van der Waals surface area contributed by atoms with Crippen LogP contribution in [0.15, 0.2) is 23.1 Å². The summed E-state index contributed by atoms with van der Waals surface area (Å²) < 4.78 is 5.08. The van der Waals surface area contributed by atoms with Crippen LogP contribution in [0.4, 0.5) is 5.69 Å². The molecule has 4 nitrogen and oxygen atoms in total. The van der Waals surface area contributed by atoms with E-state index in [0.29, 0.717) is 18.7 Å². The minimum atomic E-state index is -0.873. The van der Waals surface area contributed by atoms with Crippen molar-refractivity contribution in [3.05, 3.63) is 23.8 Å². The van der Waals surface area contributed by atoms with E-state index >= 15 is 0 Å². The number of carboxylic acids is 1. The maximum Gasteiger partial charge on any atom is 0.338 e. The molecule has 0 aliphatic carbocycles. The molecule has 0 radical (unpaired) electrons. The van der Waals surface area contributed by atoms with Crippen LogP contribution in [0.2, 0.25) is 0 Å². The van der Waals surface area contributed by atoms with Crippen molar-refractivity contribution in [2.24, 2.45) is 0 Å². The van der Waals surface area contributed by atoms with Gasteiger partial charge in [-0.2, -0.15) is 0 Å². The minimum Gasteiger partial charge on any atom is -0.478 e. The summed E-state index contributed by atoms with van der Waals surface area (Å²) in [5.41, 5.74) is 1.16. The molecule has 1 aromatic carbocycles. The number of thioether (sulfide) groups is 1. The van der Waals surface area contributed by atoms with Crippen LogP contribution in [-0.4, -0.2) is 43.6 Å². The quantitative estimate of drug-likeness (QED) is 0.743. The van der Waals surface area contributed by atoms with Gasteiger partial charge in [0.1, 0.15) is 0 Å². The molecule has 0 bridgehead atoms. The maximum absolute atomic E-state index is 11.5. The molecule has 0 aromatic heterocycles. The van der Waals surface area contributed by atoms with Crippen molar-refractivity contribution in [1.29, 1.82) is 0 Å². The van der Waals surface area contributed by atoms with Gasteiger partial charge in [-0.1, -0.05) is 13.0 Å². The van der Waals surface area contributed by atoms with E-state index in [4.69, 9.17) is 4.74 Å². The van der Waals surface area contributed by atoms with Crippen LogP contribution in [0, 0.1) is 0 Å². The Morgan fingerprint density at radius 1 is 1.42 bits per heavy atom. The lowest BCUT2D eigenvalue weighted by molar-refractivity contribution is 0.0693. The highest BCUT2D eigenvalue weighted by atomic mass is 32.2. The summed E-state index contributed by atoms with van der Waals surface area (Å²) in [4.78, 5) is 14.4. The first kappa shape index (κ1) is 15.9. The monoisotopic (exact) mass is 283 g/mol. The summed E-state index contributed by atoms with van der Waals surface area (Å²) in [7, 11) is 1.65. The number of ether oxygens (including phenoxy) is 1. The van der Waals surface area contributed by atoms with Crippen LogP contribution in [0.25, 0.3) is 0 Å². The van der Waals surface area contributed by atoms with Crippen molar-refractivity contribution in [1.82, 2.24) is 0 Å². The first-order valence-corrected chi connectivity index (χ1v) is 7.37. The molecule has 0 amide bonds. The van der Waals surface area contributed by atoms with Gasteiger partial charge in [-0.25, -0.2) is 4.79 Å². The van der Waals surface area contributed by atoms with Crippen molar-refractivity contribution in [2.45, 2.75) is 18.7 Å². The van der Waals surface area contributed by atoms with E-state index in [1.54, 1.807) is 18.9 Å². The van der Waals surface area contributed by atoms with Gasteiger partial charge in [0.2, 0.25) is 0 Å². The predicted octanol–water partition coefficient (Wildman–Crippen LogP) is 2.97. The standard InChI is InChI=1S/C14H21NO3S/c1-4-15(9-10-18-3)11-7-6-8-12(19-5-2)13(11)14(16)17/h6-8H,4-5,9-10H2,1-3H3,(H,16,17).